The zero-order chi connectivity index (χ0) is 17.2. The molecule has 4 nitrogen and oxygen atoms in total. The molecular weight excluding hydrogens is 381 g/mol. The number of nitrogens with one attached hydrogen (secondary N) is 2. The minimum absolute atomic E-state index is 0. The molecule has 1 aromatic rings. The molecule has 2 heterocycles. The summed E-state index contributed by atoms with van der Waals surface area (Å²) < 4.78 is 0. The molecule has 1 atom stereocenters. The second kappa shape index (κ2) is 8.92. The first-order chi connectivity index (χ1) is 11.5. The number of nitrogens with zero attached hydrogens (tertiary/aromatic N) is 1. The van der Waals surface area contributed by atoms with Gasteiger partial charge in [-0.1, -0.05) is 30.1 Å². The molecule has 0 spiro atoms. The number of piperidine rings is 1. The zero-order valence-corrected chi connectivity index (χ0v) is 16.8. The lowest BCUT2D eigenvalue weighted by Gasteiger charge is -2.36. The molecule has 2 saturated heterocycles. The average molecular weight is 407 g/mol. The van der Waals surface area contributed by atoms with Crippen molar-refractivity contribution in [2.45, 2.75) is 26.2 Å². The Kier molecular flexibility index (Phi) is 7.41. The van der Waals surface area contributed by atoms with Crippen LogP contribution in [0.2, 0.25) is 10.0 Å². The normalized spacial score (nSPS) is 24.8. The van der Waals surface area contributed by atoms with Crippen molar-refractivity contribution in [3.63, 3.8) is 0 Å². The van der Waals surface area contributed by atoms with Gasteiger partial charge in [0, 0.05) is 24.7 Å². The van der Waals surface area contributed by atoms with E-state index in [0.29, 0.717) is 21.1 Å². The van der Waals surface area contributed by atoms with E-state index in [1.807, 2.05) is 0 Å². The molecule has 2 aliphatic heterocycles. The summed E-state index contributed by atoms with van der Waals surface area (Å²) in [5, 5.41) is 7.38. The summed E-state index contributed by atoms with van der Waals surface area (Å²) in [6.07, 6.45) is 3.07. The Labute approximate surface area is 166 Å². The predicted molar refractivity (Wildman–Crippen MR) is 107 cm³/mol. The van der Waals surface area contributed by atoms with Crippen LogP contribution in [0.5, 0.6) is 0 Å². The van der Waals surface area contributed by atoms with Crippen molar-refractivity contribution >= 4 is 47.2 Å². The largest absolute Gasteiger partial charge is 0.326 e. The van der Waals surface area contributed by atoms with Crippen LogP contribution in [0.3, 0.4) is 0 Å². The summed E-state index contributed by atoms with van der Waals surface area (Å²) in [4.78, 5) is 15.0. The Hall–Kier alpha value is -0.520. The van der Waals surface area contributed by atoms with Crippen molar-refractivity contribution in [1.29, 1.82) is 0 Å². The molecule has 0 aromatic heterocycles. The molecule has 140 valence electrons. The Balaban J connectivity index is 0.00000225. The van der Waals surface area contributed by atoms with Crippen molar-refractivity contribution in [2.75, 3.05) is 38.0 Å². The molecule has 0 bridgehead atoms. The van der Waals surface area contributed by atoms with Gasteiger partial charge in [-0.3, -0.25) is 4.79 Å². The highest BCUT2D eigenvalue weighted by atomic mass is 35.5. The first kappa shape index (κ1) is 20.8. The van der Waals surface area contributed by atoms with Crippen LogP contribution in [0.4, 0.5) is 5.69 Å². The molecule has 2 fully saturated rings. The lowest BCUT2D eigenvalue weighted by Crippen LogP contribution is -2.43. The van der Waals surface area contributed by atoms with Gasteiger partial charge in [-0.2, -0.15) is 0 Å². The standard InChI is InChI=1S/C18H25Cl2N3O.ClH/c1-18(6-7-21-11-18)12-23-8-4-13(5-9-23)17(24)22-14-2-3-15(19)16(20)10-14;/h2-3,10,13,21H,4-9,11-12H2,1H3,(H,22,24);1H. The maximum Gasteiger partial charge on any atom is 0.227 e. The van der Waals surface area contributed by atoms with E-state index in [1.165, 1.54) is 6.42 Å². The molecule has 1 amide bonds. The number of carbonyl (C=O) groups is 1. The van der Waals surface area contributed by atoms with Gasteiger partial charge in [-0.25, -0.2) is 0 Å². The number of amides is 1. The maximum atomic E-state index is 12.5. The first-order valence-electron chi connectivity index (χ1n) is 8.64. The SMILES string of the molecule is CC1(CN2CCC(C(=O)Nc3ccc(Cl)c(Cl)c3)CC2)CCNC1.Cl. The highest BCUT2D eigenvalue weighted by Gasteiger charge is 2.33. The molecule has 0 aliphatic carbocycles. The number of anilines is 1. The van der Waals surface area contributed by atoms with E-state index >= 15 is 0 Å². The van der Waals surface area contributed by atoms with Gasteiger partial charge in [0.05, 0.1) is 10.0 Å². The van der Waals surface area contributed by atoms with E-state index in [0.717, 1.165) is 45.6 Å². The van der Waals surface area contributed by atoms with E-state index in [1.54, 1.807) is 18.2 Å². The molecular formula is C18H26Cl3N3O. The fraction of sp³-hybridized carbons (Fsp3) is 0.611. The lowest BCUT2D eigenvalue weighted by atomic mass is 9.87. The number of likely N-dealkylation sites (tertiary alicyclic amines) is 1. The number of hydrogen-bond donors (Lipinski definition) is 2. The molecule has 25 heavy (non-hydrogen) atoms. The van der Waals surface area contributed by atoms with Gasteiger partial charge in [-0.05, 0) is 62.5 Å². The van der Waals surface area contributed by atoms with Crippen molar-refractivity contribution < 1.29 is 4.79 Å². The average Bonchev–Trinajstić information content (AvgIpc) is 2.98. The highest BCUT2D eigenvalue weighted by Crippen LogP contribution is 2.29. The third-order valence-corrected chi connectivity index (χ3v) is 5.95. The second-order valence-corrected chi connectivity index (χ2v) is 8.22. The van der Waals surface area contributed by atoms with Crippen LogP contribution < -0.4 is 10.6 Å². The van der Waals surface area contributed by atoms with Gasteiger partial charge in [0.2, 0.25) is 5.91 Å². The van der Waals surface area contributed by atoms with Gasteiger partial charge in [0.15, 0.2) is 0 Å². The molecule has 7 heteroatoms. The van der Waals surface area contributed by atoms with Crippen molar-refractivity contribution in [3.05, 3.63) is 28.2 Å². The lowest BCUT2D eigenvalue weighted by molar-refractivity contribution is -0.121. The van der Waals surface area contributed by atoms with Crippen LogP contribution in [0, 0.1) is 11.3 Å². The van der Waals surface area contributed by atoms with E-state index in [-0.39, 0.29) is 24.2 Å². The fourth-order valence-electron chi connectivity index (χ4n) is 3.71. The van der Waals surface area contributed by atoms with E-state index in [2.05, 4.69) is 22.5 Å². The summed E-state index contributed by atoms with van der Waals surface area (Å²) in [6.45, 7) is 7.70. The molecule has 2 aliphatic rings. The van der Waals surface area contributed by atoms with Crippen LogP contribution in [-0.2, 0) is 4.79 Å². The van der Waals surface area contributed by atoms with Crippen LogP contribution in [0.1, 0.15) is 26.2 Å². The highest BCUT2D eigenvalue weighted by molar-refractivity contribution is 6.42. The topological polar surface area (TPSA) is 44.4 Å². The first-order valence-corrected chi connectivity index (χ1v) is 9.40. The maximum absolute atomic E-state index is 12.5. The summed E-state index contributed by atoms with van der Waals surface area (Å²) in [7, 11) is 0. The molecule has 0 saturated carbocycles. The summed E-state index contributed by atoms with van der Waals surface area (Å²) >= 11 is 11.9. The summed E-state index contributed by atoms with van der Waals surface area (Å²) in [5.41, 5.74) is 1.09. The minimum atomic E-state index is 0. The van der Waals surface area contributed by atoms with Gasteiger partial charge < -0.3 is 15.5 Å². The molecule has 2 N–H and O–H groups in total. The van der Waals surface area contributed by atoms with Crippen molar-refractivity contribution in [1.82, 2.24) is 10.2 Å². The number of halogens is 3. The zero-order valence-electron chi connectivity index (χ0n) is 14.5. The van der Waals surface area contributed by atoms with Crippen LogP contribution in [0.15, 0.2) is 18.2 Å². The quantitative estimate of drug-likeness (QED) is 0.792. The van der Waals surface area contributed by atoms with Crippen LogP contribution in [-0.4, -0.2) is 43.5 Å². The van der Waals surface area contributed by atoms with Crippen molar-refractivity contribution in [3.8, 4) is 0 Å². The molecule has 0 radical (unpaired) electrons. The minimum Gasteiger partial charge on any atom is -0.326 e. The van der Waals surface area contributed by atoms with Crippen LogP contribution in [0.25, 0.3) is 0 Å². The second-order valence-electron chi connectivity index (χ2n) is 7.41. The number of carbonyl (C=O) groups excluding carboxylic acids is 1. The number of rotatable bonds is 4. The molecule has 1 aromatic carbocycles. The molecule has 3 rings (SSSR count). The number of benzene rings is 1. The van der Waals surface area contributed by atoms with Gasteiger partial charge in [0.25, 0.3) is 0 Å². The smallest absolute Gasteiger partial charge is 0.227 e. The van der Waals surface area contributed by atoms with E-state index < -0.39 is 0 Å². The third kappa shape index (κ3) is 5.48. The van der Waals surface area contributed by atoms with E-state index in [9.17, 15) is 4.79 Å². The Bertz CT molecular complexity index is 597. The fourth-order valence-corrected chi connectivity index (χ4v) is 4.01. The molecule has 1 unspecified atom stereocenters. The van der Waals surface area contributed by atoms with Gasteiger partial charge in [-0.15, -0.1) is 12.4 Å². The van der Waals surface area contributed by atoms with Gasteiger partial charge in [0.1, 0.15) is 0 Å². The third-order valence-electron chi connectivity index (χ3n) is 5.21. The summed E-state index contributed by atoms with van der Waals surface area (Å²) in [6, 6.07) is 5.19. The monoisotopic (exact) mass is 405 g/mol. The van der Waals surface area contributed by atoms with Gasteiger partial charge >= 0.3 is 0 Å². The Morgan fingerprint density at radius 3 is 2.64 bits per heavy atom. The number of hydrogen-bond acceptors (Lipinski definition) is 3. The van der Waals surface area contributed by atoms with E-state index in [4.69, 9.17) is 23.2 Å². The predicted octanol–water partition coefficient (Wildman–Crippen LogP) is 4.07. The Morgan fingerprint density at radius 1 is 1.32 bits per heavy atom. The summed E-state index contributed by atoms with van der Waals surface area (Å²) in [5.74, 6) is 0.159. The Morgan fingerprint density at radius 2 is 2.04 bits per heavy atom. The van der Waals surface area contributed by atoms with Crippen LogP contribution >= 0.6 is 35.6 Å². The van der Waals surface area contributed by atoms with Crippen molar-refractivity contribution in [2.24, 2.45) is 11.3 Å².